The first kappa shape index (κ1) is 12.6. The van der Waals surface area contributed by atoms with Gasteiger partial charge in [0, 0.05) is 29.8 Å². The molecule has 0 amide bonds. The van der Waals surface area contributed by atoms with Crippen LogP contribution in [0.15, 0.2) is 18.2 Å². The van der Waals surface area contributed by atoms with Crippen molar-refractivity contribution in [2.75, 3.05) is 23.9 Å². The van der Waals surface area contributed by atoms with Crippen LogP contribution >= 0.6 is 0 Å². The highest BCUT2D eigenvalue weighted by molar-refractivity contribution is 5.63. The van der Waals surface area contributed by atoms with E-state index in [0.29, 0.717) is 17.9 Å². The zero-order valence-corrected chi connectivity index (χ0v) is 9.85. The van der Waals surface area contributed by atoms with E-state index in [1.165, 1.54) is 12.1 Å². The number of hydrogen-bond donors (Lipinski definition) is 4. The van der Waals surface area contributed by atoms with Gasteiger partial charge in [0.25, 0.3) is 5.69 Å². The number of non-ortho nitro benzene ring substituents is 1. The topological polar surface area (TPSA) is 113 Å². The number of nitrogens with one attached hydrogen (secondary N) is 2. The summed E-state index contributed by atoms with van der Waals surface area (Å²) in [6.45, 7) is 0.742. The molecule has 1 saturated carbocycles. The Hall–Kier alpha value is -1.86. The predicted octanol–water partition coefficient (Wildman–Crippen LogP) is 1.06. The molecule has 2 rings (SSSR count). The van der Waals surface area contributed by atoms with Crippen LogP contribution in [0.3, 0.4) is 0 Å². The number of aliphatic hydroxyl groups excluding tert-OH is 1. The van der Waals surface area contributed by atoms with Gasteiger partial charge in [0.15, 0.2) is 0 Å². The van der Waals surface area contributed by atoms with Crippen LogP contribution in [-0.2, 0) is 0 Å². The molecule has 98 valence electrons. The number of nitrogens with two attached hydrogens (primary N) is 1. The first-order valence-corrected chi connectivity index (χ1v) is 5.69. The summed E-state index contributed by atoms with van der Waals surface area (Å²) in [7, 11) is 0. The lowest BCUT2D eigenvalue weighted by molar-refractivity contribution is -0.384. The molecule has 7 heteroatoms. The Morgan fingerprint density at radius 1 is 1.39 bits per heavy atom. The van der Waals surface area contributed by atoms with Gasteiger partial charge in [-0.1, -0.05) is 0 Å². The van der Waals surface area contributed by atoms with Gasteiger partial charge in [0.1, 0.15) is 0 Å². The van der Waals surface area contributed by atoms with E-state index in [2.05, 4.69) is 10.7 Å². The number of hydrogen-bond acceptors (Lipinski definition) is 6. The molecular weight excluding hydrogens is 236 g/mol. The molecule has 1 aromatic rings. The smallest absolute Gasteiger partial charge is 0.273 e. The Bertz CT molecular complexity index is 460. The summed E-state index contributed by atoms with van der Waals surface area (Å²) in [5, 5.41) is 23.1. The molecule has 1 fully saturated rings. The van der Waals surface area contributed by atoms with E-state index in [4.69, 9.17) is 5.84 Å². The fourth-order valence-electron chi connectivity index (χ4n) is 1.76. The molecule has 0 aliphatic heterocycles. The first-order chi connectivity index (χ1) is 8.58. The van der Waals surface area contributed by atoms with Gasteiger partial charge in [0.2, 0.25) is 0 Å². The lowest BCUT2D eigenvalue weighted by atomic mass is 10.1. The van der Waals surface area contributed by atoms with E-state index in [9.17, 15) is 15.2 Å². The maximum Gasteiger partial charge on any atom is 0.273 e. The van der Waals surface area contributed by atoms with Crippen molar-refractivity contribution in [3.8, 4) is 0 Å². The number of benzene rings is 1. The first-order valence-electron chi connectivity index (χ1n) is 5.69. The quantitative estimate of drug-likeness (QED) is 0.342. The predicted molar refractivity (Wildman–Crippen MR) is 68.1 cm³/mol. The standard InChI is InChI=1S/C11H16N4O3/c12-14-9-3-8(4-10(5-9)15(17)18)13-6-11(7-16)1-2-11/h3-5,13-14,16H,1-2,6-7,12H2. The van der Waals surface area contributed by atoms with E-state index in [-0.39, 0.29) is 17.7 Å². The SMILES string of the molecule is NNc1cc(NCC2(CO)CC2)cc([N+](=O)[O-])c1. The Balaban J connectivity index is 2.11. The summed E-state index contributed by atoms with van der Waals surface area (Å²) in [5.41, 5.74) is 3.41. The maximum absolute atomic E-state index is 10.8. The van der Waals surface area contributed by atoms with Gasteiger partial charge in [-0.05, 0) is 18.9 Å². The minimum absolute atomic E-state index is 0.0261. The van der Waals surface area contributed by atoms with E-state index in [1.54, 1.807) is 6.07 Å². The normalized spacial score (nSPS) is 16.1. The lowest BCUT2D eigenvalue weighted by Crippen LogP contribution is -2.19. The molecule has 0 atom stereocenters. The minimum Gasteiger partial charge on any atom is -0.396 e. The highest BCUT2D eigenvalue weighted by atomic mass is 16.6. The van der Waals surface area contributed by atoms with Crippen LogP contribution in [0.4, 0.5) is 17.1 Å². The highest BCUT2D eigenvalue weighted by Gasteiger charge is 2.41. The number of nitrogen functional groups attached to an aromatic ring is 1. The molecule has 0 radical (unpaired) electrons. The fraction of sp³-hybridized carbons (Fsp3) is 0.455. The number of rotatable bonds is 6. The van der Waals surface area contributed by atoms with Gasteiger partial charge in [0.05, 0.1) is 17.2 Å². The van der Waals surface area contributed by atoms with Crippen LogP contribution in [-0.4, -0.2) is 23.2 Å². The van der Waals surface area contributed by atoms with Gasteiger partial charge >= 0.3 is 0 Å². The van der Waals surface area contributed by atoms with E-state index in [1.807, 2.05) is 0 Å². The van der Waals surface area contributed by atoms with Gasteiger partial charge in [-0.2, -0.15) is 0 Å². The Morgan fingerprint density at radius 3 is 2.56 bits per heavy atom. The van der Waals surface area contributed by atoms with Crippen LogP contribution in [0.5, 0.6) is 0 Å². The molecule has 0 unspecified atom stereocenters. The van der Waals surface area contributed by atoms with Crippen molar-refractivity contribution >= 4 is 17.1 Å². The molecule has 1 aliphatic carbocycles. The molecule has 0 spiro atoms. The number of nitro groups is 1. The monoisotopic (exact) mass is 252 g/mol. The third kappa shape index (κ3) is 2.69. The number of nitro benzene ring substituents is 1. The Kier molecular flexibility index (Phi) is 3.35. The molecule has 0 bridgehead atoms. The van der Waals surface area contributed by atoms with E-state index >= 15 is 0 Å². The summed E-state index contributed by atoms with van der Waals surface area (Å²) >= 11 is 0. The number of nitrogens with zero attached hydrogens (tertiary/aromatic N) is 1. The molecule has 1 aliphatic rings. The average molecular weight is 252 g/mol. The number of hydrazine groups is 1. The van der Waals surface area contributed by atoms with Crippen molar-refractivity contribution in [1.29, 1.82) is 0 Å². The summed E-state index contributed by atoms with van der Waals surface area (Å²) in [6.07, 6.45) is 1.96. The largest absolute Gasteiger partial charge is 0.396 e. The molecule has 0 heterocycles. The van der Waals surface area contributed by atoms with Crippen LogP contribution in [0.2, 0.25) is 0 Å². The number of aliphatic hydroxyl groups is 1. The summed E-state index contributed by atoms with van der Waals surface area (Å²) in [5.74, 6) is 5.27. The molecule has 1 aromatic carbocycles. The van der Waals surface area contributed by atoms with Crippen LogP contribution in [0, 0.1) is 15.5 Å². The van der Waals surface area contributed by atoms with Crippen molar-refractivity contribution in [1.82, 2.24) is 0 Å². The minimum atomic E-state index is -0.467. The molecular formula is C11H16N4O3. The highest BCUT2D eigenvalue weighted by Crippen LogP contribution is 2.45. The zero-order valence-electron chi connectivity index (χ0n) is 9.85. The van der Waals surface area contributed by atoms with Crippen LogP contribution in [0.1, 0.15) is 12.8 Å². The summed E-state index contributed by atoms with van der Waals surface area (Å²) < 4.78 is 0. The maximum atomic E-state index is 10.8. The van der Waals surface area contributed by atoms with Gasteiger partial charge in [-0.3, -0.25) is 16.0 Å². The fourth-order valence-corrected chi connectivity index (χ4v) is 1.76. The van der Waals surface area contributed by atoms with Gasteiger partial charge in [-0.15, -0.1) is 0 Å². The Morgan fingerprint density at radius 2 is 2.06 bits per heavy atom. The van der Waals surface area contributed by atoms with E-state index in [0.717, 1.165) is 12.8 Å². The third-order valence-electron chi connectivity index (χ3n) is 3.26. The molecule has 5 N–H and O–H groups in total. The van der Waals surface area contributed by atoms with Crippen molar-refractivity contribution in [2.24, 2.45) is 11.3 Å². The van der Waals surface area contributed by atoms with Crippen molar-refractivity contribution in [3.63, 3.8) is 0 Å². The van der Waals surface area contributed by atoms with Gasteiger partial charge in [-0.25, -0.2) is 0 Å². The molecule has 18 heavy (non-hydrogen) atoms. The second-order valence-electron chi connectivity index (χ2n) is 4.68. The molecule has 0 saturated heterocycles. The average Bonchev–Trinajstić information content (AvgIpc) is 3.16. The van der Waals surface area contributed by atoms with Crippen LogP contribution in [0.25, 0.3) is 0 Å². The second-order valence-corrected chi connectivity index (χ2v) is 4.68. The third-order valence-corrected chi connectivity index (χ3v) is 3.26. The summed E-state index contributed by atoms with van der Waals surface area (Å²) in [6, 6.07) is 4.51. The van der Waals surface area contributed by atoms with Crippen molar-refractivity contribution in [3.05, 3.63) is 28.3 Å². The number of anilines is 2. The van der Waals surface area contributed by atoms with Crippen molar-refractivity contribution in [2.45, 2.75) is 12.8 Å². The van der Waals surface area contributed by atoms with Crippen molar-refractivity contribution < 1.29 is 10.0 Å². The zero-order chi connectivity index (χ0) is 13.2. The van der Waals surface area contributed by atoms with Gasteiger partial charge < -0.3 is 15.8 Å². The lowest BCUT2D eigenvalue weighted by Gasteiger charge is -2.14. The Labute approximate surface area is 104 Å². The second kappa shape index (κ2) is 4.79. The molecule has 0 aromatic heterocycles. The van der Waals surface area contributed by atoms with E-state index < -0.39 is 4.92 Å². The summed E-state index contributed by atoms with van der Waals surface area (Å²) in [4.78, 5) is 10.3. The molecule has 7 nitrogen and oxygen atoms in total. The van der Waals surface area contributed by atoms with Crippen LogP contribution < -0.4 is 16.6 Å².